The van der Waals surface area contributed by atoms with Crippen molar-refractivity contribution < 1.29 is 9.53 Å². The van der Waals surface area contributed by atoms with Gasteiger partial charge in [0.15, 0.2) is 5.82 Å². The summed E-state index contributed by atoms with van der Waals surface area (Å²) in [5, 5.41) is 18.9. The third-order valence-corrected chi connectivity index (χ3v) is 5.74. The largest absolute Gasteiger partial charge is 0.377 e. The normalized spacial score (nSPS) is 15.3. The molecule has 0 radical (unpaired) electrons. The molecule has 1 atom stereocenters. The third-order valence-electron chi connectivity index (χ3n) is 5.33. The lowest BCUT2D eigenvalue weighted by atomic mass is 10.1. The van der Waals surface area contributed by atoms with Crippen LogP contribution in [-0.2, 0) is 11.8 Å². The molecule has 1 aliphatic rings. The highest BCUT2D eigenvalue weighted by Crippen LogP contribution is 2.32. The predicted octanol–water partition coefficient (Wildman–Crippen LogP) is 3.95. The molecule has 0 spiro atoms. The fraction of sp³-hybridized carbons (Fsp3) is 0.304. The van der Waals surface area contributed by atoms with Crippen molar-refractivity contribution >= 4 is 40.4 Å². The van der Waals surface area contributed by atoms with Gasteiger partial charge in [-0.15, -0.1) is 5.10 Å². The first-order valence-corrected chi connectivity index (χ1v) is 11.1. The van der Waals surface area contributed by atoms with Crippen molar-refractivity contribution in [2.45, 2.75) is 18.9 Å². The van der Waals surface area contributed by atoms with Crippen LogP contribution in [-0.4, -0.2) is 57.6 Å². The van der Waals surface area contributed by atoms with Crippen molar-refractivity contribution in [3.8, 4) is 11.4 Å². The Labute approximate surface area is 196 Å². The van der Waals surface area contributed by atoms with Gasteiger partial charge in [0.05, 0.1) is 28.5 Å². The molecule has 3 N–H and O–H groups in total. The number of halogens is 1. The first-order chi connectivity index (χ1) is 16.1. The Balaban J connectivity index is 0.000000275. The summed E-state index contributed by atoms with van der Waals surface area (Å²) in [6, 6.07) is 10.8. The Hall–Kier alpha value is -3.27. The summed E-state index contributed by atoms with van der Waals surface area (Å²) < 4.78 is 6.97. The minimum atomic E-state index is 0.500. The quantitative estimate of drug-likeness (QED) is 0.368. The van der Waals surface area contributed by atoms with Crippen LogP contribution in [0.5, 0.6) is 0 Å². The van der Waals surface area contributed by atoms with Gasteiger partial charge in [0.1, 0.15) is 6.29 Å². The Morgan fingerprint density at radius 1 is 1.27 bits per heavy atom. The molecule has 0 bridgehead atoms. The summed E-state index contributed by atoms with van der Waals surface area (Å²) in [4.78, 5) is 15.3. The Kier molecular flexibility index (Phi) is 7.33. The number of benzene rings is 2. The second-order valence-corrected chi connectivity index (χ2v) is 8.08. The molecule has 0 aliphatic carbocycles. The zero-order valence-electron chi connectivity index (χ0n) is 18.5. The highest BCUT2D eigenvalue weighted by Gasteiger charge is 2.14. The van der Waals surface area contributed by atoms with Crippen molar-refractivity contribution in [1.29, 1.82) is 0 Å². The number of aryl methyl sites for hydroxylation is 1. The van der Waals surface area contributed by atoms with Crippen LogP contribution >= 0.6 is 11.6 Å². The number of aldehydes is 1. The van der Waals surface area contributed by atoms with Gasteiger partial charge in [-0.25, -0.2) is 4.68 Å². The monoisotopic (exact) mass is 467 g/mol. The molecule has 33 heavy (non-hydrogen) atoms. The number of carbonyl (C=O) groups excluding carboxylic acids is 1. The first kappa shape index (κ1) is 22.9. The molecule has 1 fully saturated rings. The molecule has 1 aliphatic heterocycles. The molecule has 4 aromatic rings. The van der Waals surface area contributed by atoms with Gasteiger partial charge in [0, 0.05) is 36.7 Å². The van der Waals surface area contributed by atoms with Crippen molar-refractivity contribution in [2.75, 3.05) is 25.5 Å². The van der Waals surface area contributed by atoms with E-state index < -0.39 is 0 Å². The van der Waals surface area contributed by atoms with E-state index in [1.807, 2.05) is 31.3 Å². The van der Waals surface area contributed by atoms with Gasteiger partial charge in [-0.1, -0.05) is 35.9 Å². The van der Waals surface area contributed by atoms with Crippen LogP contribution in [0.1, 0.15) is 23.2 Å². The maximum atomic E-state index is 10.8. The number of fused-ring (bicyclic) bond motifs is 1. The number of carbonyl (C=O) groups is 1. The van der Waals surface area contributed by atoms with E-state index in [0.29, 0.717) is 34.2 Å². The maximum Gasteiger partial charge on any atom is 0.225 e. The van der Waals surface area contributed by atoms with Crippen LogP contribution in [0, 0.1) is 0 Å². The Bertz CT molecular complexity index is 1210. The van der Waals surface area contributed by atoms with Gasteiger partial charge in [-0.05, 0) is 32.0 Å². The first-order valence-electron chi connectivity index (χ1n) is 10.7. The number of H-pyrrole nitrogens is 1. The molecular weight excluding hydrogens is 442 g/mol. The van der Waals surface area contributed by atoms with Crippen molar-refractivity contribution in [1.82, 2.24) is 30.3 Å². The Morgan fingerprint density at radius 2 is 2.09 bits per heavy atom. The molecule has 2 aromatic carbocycles. The van der Waals surface area contributed by atoms with E-state index in [2.05, 4.69) is 30.9 Å². The fourth-order valence-electron chi connectivity index (χ4n) is 3.56. The summed E-state index contributed by atoms with van der Waals surface area (Å²) in [5.74, 6) is 1.11. The number of hydrogen-bond donors (Lipinski definition) is 3. The number of ether oxygens (including phenoxy) is 1. The van der Waals surface area contributed by atoms with Crippen LogP contribution in [0.25, 0.3) is 22.3 Å². The topological polar surface area (TPSA) is 110 Å². The number of rotatable bonds is 6. The number of hydrogen-bond acceptors (Lipinski definition) is 7. The van der Waals surface area contributed by atoms with Crippen LogP contribution < -0.4 is 10.6 Å². The summed E-state index contributed by atoms with van der Waals surface area (Å²) >= 11 is 6.43. The number of aromatic amines is 1. The van der Waals surface area contributed by atoms with E-state index in [0.717, 1.165) is 35.9 Å². The number of nitrogens with one attached hydrogen (secondary N) is 3. The van der Waals surface area contributed by atoms with E-state index in [1.165, 1.54) is 12.8 Å². The predicted molar refractivity (Wildman–Crippen MR) is 129 cm³/mol. The van der Waals surface area contributed by atoms with E-state index in [4.69, 9.17) is 16.3 Å². The summed E-state index contributed by atoms with van der Waals surface area (Å²) in [6.45, 7) is 1.98. The second kappa shape index (κ2) is 10.6. The fourth-order valence-corrected chi connectivity index (χ4v) is 3.82. The summed E-state index contributed by atoms with van der Waals surface area (Å²) in [5.41, 5.74) is 3.02. The number of likely N-dealkylation sites (N-methyl/N-ethyl adjacent to an activating group) is 1. The van der Waals surface area contributed by atoms with Crippen LogP contribution in [0.15, 0.2) is 42.6 Å². The summed E-state index contributed by atoms with van der Waals surface area (Å²) in [6.07, 6.45) is 5.46. The van der Waals surface area contributed by atoms with Gasteiger partial charge in [-0.3, -0.25) is 9.89 Å². The minimum absolute atomic E-state index is 0.500. The third kappa shape index (κ3) is 5.39. The standard InChI is InChI=1S/C17H13ClN6O.C6H13NO/c1-24-17(20-14-7-6-13-12(15(14)18)8-19-22-13)21-16(23-24)11-4-2-10(9-25)3-5-11;1-7-5-6-3-2-4-8-6/h2-9H,1H3,(H,19,22)(H,20,21,23);6-7H,2-5H2,1H3. The van der Waals surface area contributed by atoms with Crippen LogP contribution in [0.4, 0.5) is 11.6 Å². The lowest BCUT2D eigenvalue weighted by Gasteiger charge is -2.07. The SMILES string of the molecule is CNCC1CCCO1.Cn1nc(-c2ccc(C=O)cc2)nc1Nc1ccc2[nH]ncc2c1Cl. The molecule has 5 rings (SSSR count). The molecule has 0 saturated carbocycles. The molecule has 3 heterocycles. The lowest BCUT2D eigenvalue weighted by molar-refractivity contribution is 0.111. The highest BCUT2D eigenvalue weighted by atomic mass is 35.5. The van der Waals surface area contributed by atoms with Gasteiger partial charge in [0.25, 0.3) is 0 Å². The number of aromatic nitrogens is 5. The molecule has 2 aromatic heterocycles. The van der Waals surface area contributed by atoms with Gasteiger partial charge in [0.2, 0.25) is 5.95 Å². The maximum absolute atomic E-state index is 10.8. The van der Waals surface area contributed by atoms with Gasteiger partial charge in [-0.2, -0.15) is 10.1 Å². The van der Waals surface area contributed by atoms with Gasteiger partial charge >= 0.3 is 0 Å². The van der Waals surface area contributed by atoms with Gasteiger partial charge < -0.3 is 15.4 Å². The molecule has 10 heteroatoms. The molecular formula is C23H26ClN7O2. The average Bonchev–Trinajstić information content (AvgIpc) is 3.59. The van der Waals surface area contributed by atoms with E-state index in [1.54, 1.807) is 30.1 Å². The smallest absolute Gasteiger partial charge is 0.225 e. The summed E-state index contributed by atoms with van der Waals surface area (Å²) in [7, 11) is 3.75. The van der Waals surface area contributed by atoms with E-state index >= 15 is 0 Å². The van der Waals surface area contributed by atoms with E-state index in [9.17, 15) is 4.79 Å². The average molecular weight is 468 g/mol. The number of anilines is 2. The van der Waals surface area contributed by atoms with Crippen molar-refractivity contribution in [3.05, 3.63) is 53.2 Å². The lowest BCUT2D eigenvalue weighted by Crippen LogP contribution is -2.22. The highest BCUT2D eigenvalue weighted by molar-refractivity contribution is 6.38. The molecule has 172 valence electrons. The van der Waals surface area contributed by atoms with Crippen LogP contribution in [0.3, 0.4) is 0 Å². The zero-order valence-corrected chi connectivity index (χ0v) is 19.3. The minimum Gasteiger partial charge on any atom is -0.377 e. The molecule has 9 nitrogen and oxygen atoms in total. The Morgan fingerprint density at radius 3 is 2.79 bits per heavy atom. The second-order valence-electron chi connectivity index (χ2n) is 7.70. The number of nitrogens with zero attached hydrogens (tertiary/aromatic N) is 4. The molecule has 1 unspecified atom stereocenters. The van der Waals surface area contributed by atoms with Crippen LogP contribution in [0.2, 0.25) is 5.02 Å². The van der Waals surface area contributed by atoms with Crippen molar-refractivity contribution in [2.24, 2.45) is 7.05 Å². The molecule has 1 saturated heterocycles. The zero-order chi connectivity index (χ0) is 23.2. The molecule has 0 amide bonds. The van der Waals surface area contributed by atoms with Crippen molar-refractivity contribution in [3.63, 3.8) is 0 Å². The van der Waals surface area contributed by atoms with E-state index in [-0.39, 0.29) is 0 Å².